The molecule has 3 N–H and O–H groups in total. The summed E-state index contributed by atoms with van der Waals surface area (Å²) in [5.41, 5.74) is 7.11. The van der Waals surface area contributed by atoms with E-state index in [1.54, 1.807) is 24.3 Å². The van der Waals surface area contributed by atoms with E-state index < -0.39 is 12.0 Å². The van der Waals surface area contributed by atoms with E-state index in [-0.39, 0.29) is 11.5 Å². The van der Waals surface area contributed by atoms with Crippen LogP contribution in [-0.4, -0.2) is 28.2 Å². The summed E-state index contributed by atoms with van der Waals surface area (Å²) in [6.07, 6.45) is 0.634. The molecule has 1 aliphatic heterocycles. The molecule has 0 spiro atoms. The first-order valence-electron chi connectivity index (χ1n) is 7.92. The third kappa shape index (κ3) is 3.95. The Morgan fingerprint density at radius 1 is 1.28 bits per heavy atom. The van der Waals surface area contributed by atoms with Gasteiger partial charge in [-0.05, 0) is 44.0 Å². The largest absolute Gasteiger partial charge is 0.491 e. The summed E-state index contributed by atoms with van der Waals surface area (Å²) in [4.78, 5) is 26.6. The molecule has 25 heavy (non-hydrogen) atoms. The lowest BCUT2D eigenvalue weighted by Gasteiger charge is -2.16. The van der Waals surface area contributed by atoms with Gasteiger partial charge in [-0.15, -0.1) is 0 Å². The van der Waals surface area contributed by atoms with E-state index in [0.29, 0.717) is 41.1 Å². The number of aromatic nitrogens is 1. The predicted molar refractivity (Wildman–Crippen MR) is 91.8 cm³/mol. The van der Waals surface area contributed by atoms with E-state index in [9.17, 15) is 9.59 Å². The SMILES string of the molecule is CC(CC[C@H](N)C(=O)O)Oc1ccc2nc3ccc(=O)cc-3oc2c1. The smallest absolute Gasteiger partial charge is 0.320 e. The molecule has 0 aromatic heterocycles. The Balaban J connectivity index is 1.79. The van der Waals surface area contributed by atoms with Crippen LogP contribution in [0.15, 0.2) is 45.6 Å². The van der Waals surface area contributed by atoms with Crippen LogP contribution < -0.4 is 15.9 Å². The fourth-order valence-corrected chi connectivity index (χ4v) is 2.49. The van der Waals surface area contributed by atoms with Crippen LogP contribution in [0.5, 0.6) is 5.75 Å². The normalized spacial score (nSPS) is 13.7. The van der Waals surface area contributed by atoms with Crippen LogP contribution in [-0.2, 0) is 4.79 Å². The summed E-state index contributed by atoms with van der Waals surface area (Å²) in [5, 5.41) is 8.80. The van der Waals surface area contributed by atoms with E-state index in [4.69, 9.17) is 20.0 Å². The highest BCUT2D eigenvalue weighted by Crippen LogP contribution is 2.27. The van der Waals surface area contributed by atoms with Gasteiger partial charge < -0.3 is 20.0 Å². The van der Waals surface area contributed by atoms with Gasteiger partial charge in [0.05, 0.1) is 6.10 Å². The summed E-state index contributed by atoms with van der Waals surface area (Å²) in [7, 11) is 0. The molecule has 0 amide bonds. The number of hydrogen-bond donors (Lipinski definition) is 2. The Bertz CT molecular complexity index is 936. The number of rotatable bonds is 6. The summed E-state index contributed by atoms with van der Waals surface area (Å²) in [5.74, 6) is -0.0305. The Kier molecular flexibility index (Phi) is 4.67. The summed E-state index contributed by atoms with van der Waals surface area (Å²) >= 11 is 0. The first-order chi connectivity index (χ1) is 11.9. The van der Waals surface area contributed by atoms with Crippen molar-refractivity contribution in [3.63, 3.8) is 0 Å². The highest BCUT2D eigenvalue weighted by atomic mass is 16.5. The van der Waals surface area contributed by atoms with Crippen molar-refractivity contribution in [3.8, 4) is 17.2 Å². The van der Waals surface area contributed by atoms with Gasteiger partial charge in [0.1, 0.15) is 23.0 Å². The topological polar surface area (TPSA) is 116 Å². The van der Waals surface area contributed by atoms with Crippen molar-refractivity contribution in [1.82, 2.24) is 4.98 Å². The molecule has 0 saturated heterocycles. The molecule has 3 rings (SSSR count). The maximum absolute atomic E-state index is 11.4. The third-order valence-electron chi connectivity index (χ3n) is 3.86. The third-order valence-corrected chi connectivity index (χ3v) is 3.86. The Labute approximate surface area is 143 Å². The van der Waals surface area contributed by atoms with E-state index in [1.807, 2.05) is 6.92 Å². The molecule has 1 heterocycles. The van der Waals surface area contributed by atoms with Crippen LogP contribution in [0.1, 0.15) is 19.8 Å². The molecule has 1 aliphatic carbocycles. The Morgan fingerprint density at radius 2 is 2.08 bits per heavy atom. The van der Waals surface area contributed by atoms with Gasteiger partial charge in [-0.25, -0.2) is 4.98 Å². The lowest BCUT2D eigenvalue weighted by molar-refractivity contribution is -0.138. The van der Waals surface area contributed by atoms with Gasteiger partial charge in [-0.3, -0.25) is 9.59 Å². The molecule has 2 aliphatic rings. The number of nitrogens with two attached hydrogens (primary N) is 1. The Hall–Kier alpha value is -2.93. The quantitative estimate of drug-likeness (QED) is 0.660. The maximum Gasteiger partial charge on any atom is 0.320 e. The van der Waals surface area contributed by atoms with Crippen LogP contribution in [0.2, 0.25) is 0 Å². The molecule has 0 saturated carbocycles. The summed E-state index contributed by atoms with van der Waals surface area (Å²) in [6, 6.07) is 8.81. The average molecular weight is 342 g/mol. The molecule has 7 nitrogen and oxygen atoms in total. The molecule has 0 fully saturated rings. The fraction of sp³-hybridized carbons (Fsp3) is 0.278. The summed E-state index contributed by atoms with van der Waals surface area (Å²) < 4.78 is 11.5. The van der Waals surface area contributed by atoms with Crippen molar-refractivity contribution >= 4 is 17.1 Å². The van der Waals surface area contributed by atoms with Crippen molar-refractivity contribution in [3.05, 3.63) is 46.6 Å². The van der Waals surface area contributed by atoms with Crippen LogP contribution in [0, 0.1) is 0 Å². The second kappa shape index (κ2) is 6.90. The first kappa shape index (κ1) is 16.9. The molecule has 7 heteroatoms. The zero-order valence-corrected chi connectivity index (χ0v) is 13.6. The molecule has 2 atom stereocenters. The van der Waals surface area contributed by atoms with Gasteiger partial charge in [-0.2, -0.15) is 0 Å². The highest BCUT2D eigenvalue weighted by molar-refractivity contribution is 5.77. The number of aliphatic carboxylic acids is 1. The lowest BCUT2D eigenvalue weighted by Crippen LogP contribution is -2.31. The summed E-state index contributed by atoms with van der Waals surface area (Å²) in [6.45, 7) is 1.85. The number of carboxylic acids is 1. The van der Waals surface area contributed by atoms with Crippen molar-refractivity contribution in [2.75, 3.05) is 0 Å². The van der Waals surface area contributed by atoms with Crippen molar-refractivity contribution < 1.29 is 19.1 Å². The van der Waals surface area contributed by atoms with E-state index in [2.05, 4.69) is 4.98 Å². The average Bonchev–Trinajstić information content (AvgIpc) is 2.57. The van der Waals surface area contributed by atoms with Crippen molar-refractivity contribution in [1.29, 1.82) is 0 Å². The number of carbonyl (C=O) groups is 1. The van der Waals surface area contributed by atoms with Gasteiger partial charge in [0, 0.05) is 12.1 Å². The van der Waals surface area contributed by atoms with Gasteiger partial charge in [0.2, 0.25) is 0 Å². The molecule has 1 aromatic carbocycles. The van der Waals surface area contributed by atoms with Crippen LogP contribution in [0.4, 0.5) is 0 Å². The minimum Gasteiger partial charge on any atom is -0.491 e. The number of ether oxygens (including phenoxy) is 1. The molecule has 0 bridgehead atoms. The molecule has 1 aromatic rings. The maximum atomic E-state index is 11.4. The number of hydrogen-bond acceptors (Lipinski definition) is 6. The molecule has 1 unspecified atom stereocenters. The van der Waals surface area contributed by atoms with E-state index >= 15 is 0 Å². The second-order valence-electron chi connectivity index (χ2n) is 5.92. The Morgan fingerprint density at radius 3 is 2.84 bits per heavy atom. The molecular formula is C18H18N2O5. The van der Waals surface area contributed by atoms with Crippen LogP contribution >= 0.6 is 0 Å². The zero-order chi connectivity index (χ0) is 18.0. The number of carboxylic acid groups (broad SMARTS) is 1. The fourth-order valence-electron chi connectivity index (χ4n) is 2.49. The molecule has 130 valence electrons. The lowest BCUT2D eigenvalue weighted by atomic mass is 10.1. The predicted octanol–water partition coefficient (Wildman–Crippen LogP) is 2.25. The number of nitrogens with zero attached hydrogens (tertiary/aromatic N) is 1. The van der Waals surface area contributed by atoms with Gasteiger partial charge >= 0.3 is 5.97 Å². The van der Waals surface area contributed by atoms with Crippen LogP contribution in [0.25, 0.3) is 22.6 Å². The first-order valence-corrected chi connectivity index (χ1v) is 7.92. The van der Waals surface area contributed by atoms with Crippen molar-refractivity contribution in [2.24, 2.45) is 5.73 Å². The van der Waals surface area contributed by atoms with Crippen molar-refractivity contribution in [2.45, 2.75) is 31.9 Å². The number of fused-ring (bicyclic) bond motifs is 2. The van der Waals surface area contributed by atoms with Crippen LogP contribution in [0.3, 0.4) is 0 Å². The second-order valence-corrected chi connectivity index (χ2v) is 5.92. The zero-order valence-electron chi connectivity index (χ0n) is 13.6. The number of benzene rings is 2. The van der Waals surface area contributed by atoms with E-state index in [1.165, 1.54) is 12.1 Å². The van der Waals surface area contributed by atoms with Gasteiger partial charge in [0.25, 0.3) is 0 Å². The highest BCUT2D eigenvalue weighted by Gasteiger charge is 2.15. The standard InChI is InChI=1S/C18H18N2O5/c1-10(2-5-13(19)18(22)23)24-12-4-7-15-17(9-12)25-16-8-11(21)3-6-14(16)20-15/h3-4,6-10,13H,2,5,19H2,1H3,(H,22,23)/t10?,13-/m0/s1. The minimum atomic E-state index is -1.02. The van der Waals surface area contributed by atoms with Gasteiger partial charge in [-0.1, -0.05) is 0 Å². The monoisotopic (exact) mass is 342 g/mol. The minimum absolute atomic E-state index is 0.145. The molecule has 0 radical (unpaired) electrons. The van der Waals surface area contributed by atoms with E-state index in [0.717, 1.165) is 0 Å². The molecular weight excluding hydrogens is 324 g/mol. The van der Waals surface area contributed by atoms with Gasteiger partial charge in [0.15, 0.2) is 16.8 Å².